The second kappa shape index (κ2) is 9.09. The fourth-order valence-electron chi connectivity index (χ4n) is 4.41. The monoisotopic (exact) mass is 438 g/mol. The fourth-order valence-corrected chi connectivity index (χ4v) is 5.50. The highest BCUT2D eigenvalue weighted by atomic mass is 32.1. The number of nitrogens with zero attached hydrogens (tertiary/aromatic N) is 1. The molecule has 5 rings (SSSR count). The maximum Gasteiger partial charge on any atom is 0.226 e. The zero-order valence-corrected chi connectivity index (χ0v) is 19.0. The van der Waals surface area contributed by atoms with Gasteiger partial charge in [-0.05, 0) is 42.9 Å². The van der Waals surface area contributed by atoms with Crippen LogP contribution in [0, 0.1) is 6.92 Å². The number of aromatic nitrogens is 1. The number of rotatable bonds is 5. The van der Waals surface area contributed by atoms with Crippen molar-refractivity contribution in [1.29, 1.82) is 0 Å². The second-order valence-electron chi connectivity index (χ2n) is 8.41. The van der Waals surface area contributed by atoms with Crippen LogP contribution in [0.15, 0.2) is 78.9 Å². The number of aryl methyl sites for hydroxylation is 2. The Labute approximate surface area is 193 Å². The molecule has 0 saturated carbocycles. The first-order valence-electron chi connectivity index (χ1n) is 11.2. The molecule has 1 aliphatic rings. The molecule has 1 atom stereocenters. The first-order chi connectivity index (χ1) is 15.7. The van der Waals surface area contributed by atoms with Gasteiger partial charge in [-0.1, -0.05) is 84.4 Å². The third-order valence-electron chi connectivity index (χ3n) is 6.06. The van der Waals surface area contributed by atoms with Crippen molar-refractivity contribution in [3.63, 3.8) is 0 Å². The smallest absolute Gasteiger partial charge is 0.226 e. The van der Waals surface area contributed by atoms with Gasteiger partial charge < -0.3 is 5.32 Å². The molecule has 1 aromatic heterocycles. The molecule has 0 aliphatic heterocycles. The average molecular weight is 439 g/mol. The average Bonchev–Trinajstić information content (AvgIpc) is 3.24. The van der Waals surface area contributed by atoms with Crippen LogP contribution in [0.25, 0.3) is 21.0 Å². The molecule has 4 heteroatoms. The van der Waals surface area contributed by atoms with E-state index in [1.807, 2.05) is 18.2 Å². The molecule has 1 unspecified atom stereocenters. The lowest BCUT2D eigenvalue weighted by molar-refractivity contribution is -0.121. The topological polar surface area (TPSA) is 42.0 Å². The van der Waals surface area contributed by atoms with Gasteiger partial charge in [-0.3, -0.25) is 4.79 Å². The van der Waals surface area contributed by atoms with Crippen molar-refractivity contribution in [2.24, 2.45) is 0 Å². The minimum absolute atomic E-state index is 0.0324. The third-order valence-corrected chi connectivity index (χ3v) is 7.26. The van der Waals surface area contributed by atoms with Crippen molar-refractivity contribution in [2.45, 2.75) is 38.6 Å². The Bertz CT molecular complexity index is 1230. The van der Waals surface area contributed by atoms with Crippen LogP contribution in [-0.2, 0) is 17.6 Å². The molecule has 4 aromatic rings. The predicted molar refractivity (Wildman–Crippen MR) is 132 cm³/mol. The van der Waals surface area contributed by atoms with E-state index in [2.05, 4.69) is 72.9 Å². The van der Waals surface area contributed by atoms with Gasteiger partial charge in [0.2, 0.25) is 5.91 Å². The molecule has 1 aliphatic carbocycles. The predicted octanol–water partition coefficient (Wildman–Crippen LogP) is 6.52. The van der Waals surface area contributed by atoms with Crippen molar-refractivity contribution in [1.82, 2.24) is 10.3 Å². The van der Waals surface area contributed by atoms with Crippen LogP contribution in [0.5, 0.6) is 0 Å². The van der Waals surface area contributed by atoms with Crippen LogP contribution in [0.3, 0.4) is 0 Å². The van der Waals surface area contributed by atoms with Gasteiger partial charge in [0, 0.05) is 5.56 Å². The summed E-state index contributed by atoms with van der Waals surface area (Å²) in [5.74, 6) is 0.0324. The first kappa shape index (κ1) is 20.7. The summed E-state index contributed by atoms with van der Waals surface area (Å²) in [5.41, 5.74) is 6.87. The van der Waals surface area contributed by atoms with E-state index in [1.54, 1.807) is 11.3 Å². The maximum atomic E-state index is 13.1. The summed E-state index contributed by atoms with van der Waals surface area (Å²) in [5, 5.41) is 4.24. The zero-order valence-electron chi connectivity index (χ0n) is 18.2. The molecule has 1 amide bonds. The molecule has 0 radical (unpaired) electrons. The lowest BCUT2D eigenvalue weighted by Gasteiger charge is -2.26. The molecular formula is C28H26N2OS. The van der Waals surface area contributed by atoms with E-state index < -0.39 is 0 Å². The van der Waals surface area contributed by atoms with E-state index >= 15 is 0 Å². The molecule has 3 aromatic carbocycles. The number of carbonyl (C=O) groups is 1. The first-order valence-corrected chi connectivity index (χ1v) is 12.0. The maximum absolute atomic E-state index is 13.1. The number of amides is 1. The number of carbonyl (C=O) groups excluding carboxylic acids is 1. The Morgan fingerprint density at radius 3 is 2.53 bits per heavy atom. The summed E-state index contributed by atoms with van der Waals surface area (Å²) < 4.78 is 0. The standard InChI is InChI=1S/C28H26N2OS/c1-19-14-16-21(17-15-19)27-25(30-28(32-27)22-9-3-2-4-10-22)18-26(31)29-24-13-7-11-20-8-5-6-12-23(20)24/h2-6,8-10,12,14-17,24H,7,11,13,18H2,1H3,(H,29,31). The van der Waals surface area contributed by atoms with Crippen molar-refractivity contribution in [3.8, 4) is 21.0 Å². The van der Waals surface area contributed by atoms with E-state index in [0.717, 1.165) is 46.0 Å². The van der Waals surface area contributed by atoms with Crippen molar-refractivity contribution < 1.29 is 4.79 Å². The SMILES string of the molecule is Cc1ccc(-c2sc(-c3ccccc3)nc2CC(=O)NC2CCCc3ccccc32)cc1. The number of hydrogen-bond acceptors (Lipinski definition) is 3. The van der Waals surface area contributed by atoms with Crippen LogP contribution in [0.1, 0.15) is 41.3 Å². The van der Waals surface area contributed by atoms with Gasteiger partial charge >= 0.3 is 0 Å². The van der Waals surface area contributed by atoms with Crippen molar-refractivity contribution in [3.05, 3.63) is 101 Å². The molecule has 0 saturated heterocycles. The minimum atomic E-state index is 0.0324. The minimum Gasteiger partial charge on any atom is -0.349 e. The Hall–Kier alpha value is -3.24. The number of thiazole rings is 1. The molecule has 32 heavy (non-hydrogen) atoms. The van der Waals surface area contributed by atoms with E-state index in [4.69, 9.17) is 4.98 Å². The van der Waals surface area contributed by atoms with Gasteiger partial charge in [0.15, 0.2) is 0 Å². The molecule has 0 fully saturated rings. The molecule has 0 bridgehead atoms. The Morgan fingerprint density at radius 1 is 0.969 bits per heavy atom. The Morgan fingerprint density at radius 2 is 1.72 bits per heavy atom. The summed E-state index contributed by atoms with van der Waals surface area (Å²) >= 11 is 1.66. The quantitative estimate of drug-likeness (QED) is 0.385. The van der Waals surface area contributed by atoms with E-state index in [-0.39, 0.29) is 18.4 Å². The van der Waals surface area contributed by atoms with Crippen molar-refractivity contribution >= 4 is 17.2 Å². The highest BCUT2D eigenvalue weighted by Gasteiger charge is 2.23. The van der Waals surface area contributed by atoms with Gasteiger partial charge in [0.05, 0.1) is 23.0 Å². The molecule has 160 valence electrons. The number of benzene rings is 3. The van der Waals surface area contributed by atoms with Crippen LogP contribution in [0.4, 0.5) is 0 Å². The molecule has 1 heterocycles. The summed E-state index contributed by atoms with van der Waals surface area (Å²) in [4.78, 5) is 19.1. The Balaban J connectivity index is 1.43. The fraction of sp³-hybridized carbons (Fsp3) is 0.214. The largest absolute Gasteiger partial charge is 0.349 e. The number of nitrogens with one attached hydrogen (secondary N) is 1. The molecular weight excluding hydrogens is 412 g/mol. The summed E-state index contributed by atoms with van der Waals surface area (Å²) in [6, 6.07) is 27.2. The number of hydrogen-bond donors (Lipinski definition) is 1. The van der Waals surface area contributed by atoms with Crippen LogP contribution in [0.2, 0.25) is 0 Å². The Kier molecular flexibility index (Phi) is 5.87. The molecule has 1 N–H and O–H groups in total. The van der Waals surface area contributed by atoms with Crippen LogP contribution in [-0.4, -0.2) is 10.9 Å². The van der Waals surface area contributed by atoms with Gasteiger partial charge in [0.1, 0.15) is 5.01 Å². The van der Waals surface area contributed by atoms with Gasteiger partial charge in [0.25, 0.3) is 0 Å². The second-order valence-corrected chi connectivity index (χ2v) is 9.41. The molecule has 3 nitrogen and oxygen atoms in total. The van der Waals surface area contributed by atoms with E-state index in [9.17, 15) is 4.79 Å². The highest BCUT2D eigenvalue weighted by molar-refractivity contribution is 7.18. The van der Waals surface area contributed by atoms with Gasteiger partial charge in [-0.15, -0.1) is 11.3 Å². The summed E-state index contributed by atoms with van der Waals surface area (Å²) in [7, 11) is 0. The normalized spacial score (nSPS) is 15.2. The van der Waals surface area contributed by atoms with Crippen molar-refractivity contribution in [2.75, 3.05) is 0 Å². The lowest BCUT2D eigenvalue weighted by Crippen LogP contribution is -2.32. The zero-order chi connectivity index (χ0) is 21.9. The third kappa shape index (κ3) is 4.37. The van der Waals surface area contributed by atoms with Gasteiger partial charge in [-0.2, -0.15) is 0 Å². The van der Waals surface area contributed by atoms with E-state index in [1.165, 1.54) is 16.7 Å². The van der Waals surface area contributed by atoms with E-state index in [0.29, 0.717) is 0 Å². The van der Waals surface area contributed by atoms with Gasteiger partial charge in [-0.25, -0.2) is 4.98 Å². The van der Waals surface area contributed by atoms with Crippen LogP contribution >= 0.6 is 11.3 Å². The lowest BCUT2D eigenvalue weighted by atomic mass is 9.87. The summed E-state index contributed by atoms with van der Waals surface area (Å²) in [6.07, 6.45) is 3.46. The number of fused-ring (bicyclic) bond motifs is 1. The highest BCUT2D eigenvalue weighted by Crippen LogP contribution is 2.36. The van der Waals surface area contributed by atoms with Crippen LogP contribution < -0.4 is 5.32 Å². The summed E-state index contributed by atoms with van der Waals surface area (Å²) in [6.45, 7) is 2.09. The molecule has 0 spiro atoms.